The van der Waals surface area contributed by atoms with Gasteiger partial charge in [0.05, 0.1) is 5.54 Å². The van der Waals surface area contributed by atoms with Gasteiger partial charge >= 0.3 is 6.03 Å². The molecule has 0 radical (unpaired) electrons. The molecule has 2 aromatic carbocycles. The second-order valence-electron chi connectivity index (χ2n) is 13.5. The van der Waals surface area contributed by atoms with Gasteiger partial charge in [0, 0.05) is 62.8 Å². The molecule has 2 aromatic rings. The van der Waals surface area contributed by atoms with Crippen LogP contribution in [0.2, 0.25) is 5.02 Å². The van der Waals surface area contributed by atoms with Gasteiger partial charge < -0.3 is 20.0 Å². The van der Waals surface area contributed by atoms with Crippen molar-refractivity contribution in [3.05, 3.63) is 70.5 Å². The Morgan fingerprint density at radius 3 is 2.38 bits per heavy atom. The molecule has 228 valence electrons. The Morgan fingerprint density at radius 1 is 0.976 bits per heavy atom. The highest BCUT2D eigenvalue weighted by atomic mass is 35.5. The SMILES string of the molecule is CCN(C(=O)NC1(c2ccc(Cl)cc2)CC1)C1CCN(C[C@@H]2CN(CC3CCCCC3)CC2c2cccc(F)c2)CC1. The van der Waals surface area contributed by atoms with Crippen LogP contribution in [0.25, 0.3) is 0 Å². The van der Waals surface area contributed by atoms with Crippen LogP contribution in [0.3, 0.4) is 0 Å². The summed E-state index contributed by atoms with van der Waals surface area (Å²) in [5.41, 5.74) is 2.06. The number of hydrogen-bond acceptors (Lipinski definition) is 3. The third-order valence-corrected chi connectivity index (χ3v) is 10.9. The normalized spacial score (nSPS) is 25.4. The summed E-state index contributed by atoms with van der Waals surface area (Å²) in [6.45, 7) is 9.21. The highest BCUT2D eigenvalue weighted by Gasteiger charge is 2.47. The van der Waals surface area contributed by atoms with E-state index >= 15 is 0 Å². The molecule has 5 nitrogen and oxygen atoms in total. The van der Waals surface area contributed by atoms with Crippen molar-refractivity contribution in [2.75, 3.05) is 45.8 Å². The minimum absolute atomic E-state index is 0.0590. The molecule has 4 fully saturated rings. The Labute approximate surface area is 256 Å². The number of rotatable bonds is 9. The average molecular weight is 595 g/mol. The fourth-order valence-electron chi connectivity index (χ4n) is 8.11. The lowest BCUT2D eigenvalue weighted by atomic mass is 9.88. The topological polar surface area (TPSA) is 38.8 Å². The molecule has 7 heteroatoms. The maximum atomic E-state index is 14.2. The molecule has 0 aromatic heterocycles. The van der Waals surface area contributed by atoms with E-state index in [-0.39, 0.29) is 23.4 Å². The van der Waals surface area contributed by atoms with Crippen LogP contribution in [-0.2, 0) is 5.54 Å². The van der Waals surface area contributed by atoms with Crippen LogP contribution >= 0.6 is 11.6 Å². The number of nitrogens with one attached hydrogen (secondary N) is 1. The molecule has 1 unspecified atom stereocenters. The zero-order valence-electron chi connectivity index (χ0n) is 25.2. The number of benzene rings is 2. The maximum Gasteiger partial charge on any atom is 0.318 e. The van der Waals surface area contributed by atoms with Crippen molar-refractivity contribution >= 4 is 17.6 Å². The van der Waals surface area contributed by atoms with Crippen LogP contribution < -0.4 is 5.32 Å². The molecule has 2 saturated carbocycles. The molecule has 4 aliphatic rings. The molecule has 0 spiro atoms. The van der Waals surface area contributed by atoms with Crippen LogP contribution in [0.5, 0.6) is 0 Å². The monoisotopic (exact) mass is 594 g/mol. The molecule has 2 amide bonds. The van der Waals surface area contributed by atoms with Gasteiger partial charge in [0.2, 0.25) is 0 Å². The molecule has 2 aliphatic heterocycles. The number of hydrogen-bond donors (Lipinski definition) is 1. The number of carbonyl (C=O) groups excluding carboxylic acids is 1. The first-order chi connectivity index (χ1) is 20.4. The highest BCUT2D eigenvalue weighted by Crippen LogP contribution is 2.46. The predicted molar refractivity (Wildman–Crippen MR) is 168 cm³/mol. The molecule has 1 N–H and O–H groups in total. The number of piperidine rings is 1. The Balaban J connectivity index is 1.05. The summed E-state index contributed by atoms with van der Waals surface area (Å²) in [6.07, 6.45) is 10.8. The van der Waals surface area contributed by atoms with E-state index in [1.165, 1.54) is 38.6 Å². The van der Waals surface area contributed by atoms with Gasteiger partial charge in [-0.05, 0) is 92.7 Å². The molecule has 2 atom stereocenters. The average Bonchev–Trinajstić information content (AvgIpc) is 3.67. The van der Waals surface area contributed by atoms with Gasteiger partial charge in [0.25, 0.3) is 0 Å². The van der Waals surface area contributed by atoms with Gasteiger partial charge in [-0.15, -0.1) is 0 Å². The Hall–Kier alpha value is -2.15. The van der Waals surface area contributed by atoms with Crippen LogP contribution in [0, 0.1) is 17.7 Å². The summed E-state index contributed by atoms with van der Waals surface area (Å²) < 4.78 is 14.2. The lowest BCUT2D eigenvalue weighted by Crippen LogP contribution is -2.53. The van der Waals surface area contributed by atoms with Crippen molar-refractivity contribution in [2.45, 2.75) is 82.2 Å². The minimum atomic E-state index is -0.242. The van der Waals surface area contributed by atoms with Crippen LogP contribution in [0.15, 0.2) is 48.5 Å². The van der Waals surface area contributed by atoms with E-state index in [0.29, 0.717) is 18.4 Å². The Morgan fingerprint density at radius 2 is 1.71 bits per heavy atom. The first-order valence-corrected chi connectivity index (χ1v) is 16.9. The molecule has 42 heavy (non-hydrogen) atoms. The lowest BCUT2D eigenvalue weighted by molar-refractivity contribution is 0.110. The molecular formula is C35H48ClFN4O. The smallest absolute Gasteiger partial charge is 0.318 e. The van der Waals surface area contributed by atoms with E-state index in [4.69, 9.17) is 11.6 Å². The van der Waals surface area contributed by atoms with E-state index in [1.807, 2.05) is 30.3 Å². The van der Waals surface area contributed by atoms with Crippen LogP contribution in [-0.4, -0.2) is 72.6 Å². The number of halogens is 2. The van der Waals surface area contributed by atoms with Crippen molar-refractivity contribution in [2.24, 2.45) is 11.8 Å². The summed E-state index contributed by atoms with van der Waals surface area (Å²) >= 11 is 6.10. The van der Waals surface area contributed by atoms with Crippen molar-refractivity contribution in [3.63, 3.8) is 0 Å². The fourth-order valence-corrected chi connectivity index (χ4v) is 8.24. The molecule has 2 heterocycles. The predicted octanol–water partition coefficient (Wildman–Crippen LogP) is 7.26. The quantitative estimate of drug-likeness (QED) is 0.332. The number of urea groups is 1. The van der Waals surface area contributed by atoms with E-state index in [0.717, 1.165) is 80.5 Å². The zero-order chi connectivity index (χ0) is 29.1. The van der Waals surface area contributed by atoms with Gasteiger partial charge in [0.15, 0.2) is 0 Å². The third-order valence-electron chi connectivity index (χ3n) is 10.6. The standard InChI is InChI=1S/C35H48ClFN4O/c1-2-41(34(42)38-35(17-18-35)29-11-13-30(36)14-12-29)32-15-19-39(20-16-32)23-28-24-40(22-26-7-4-3-5-8-26)25-33(28)27-9-6-10-31(37)21-27/h6,9-14,21,26,28,32-33H,2-5,7-8,15-20,22-25H2,1H3,(H,38,42)/t28-,33?/m1/s1. The van der Waals surface area contributed by atoms with E-state index < -0.39 is 0 Å². The summed E-state index contributed by atoms with van der Waals surface area (Å²) in [7, 11) is 0. The van der Waals surface area contributed by atoms with E-state index in [9.17, 15) is 9.18 Å². The Bertz CT molecular complexity index is 1190. The molecule has 2 aliphatic carbocycles. The minimum Gasteiger partial charge on any atom is -0.328 e. The van der Waals surface area contributed by atoms with E-state index in [1.54, 1.807) is 12.1 Å². The Kier molecular flexibility index (Phi) is 9.42. The first kappa shape index (κ1) is 29.9. The second kappa shape index (κ2) is 13.2. The van der Waals surface area contributed by atoms with Gasteiger partial charge in [-0.1, -0.05) is 55.1 Å². The van der Waals surface area contributed by atoms with Crippen LogP contribution in [0.1, 0.15) is 81.8 Å². The largest absolute Gasteiger partial charge is 0.328 e. The van der Waals surface area contributed by atoms with Crippen molar-refractivity contribution in [1.29, 1.82) is 0 Å². The fraction of sp³-hybridized carbons (Fsp3) is 0.629. The third kappa shape index (κ3) is 6.97. The number of nitrogens with zero attached hydrogens (tertiary/aromatic N) is 3. The summed E-state index contributed by atoms with van der Waals surface area (Å²) in [5.74, 6) is 1.58. The summed E-state index contributed by atoms with van der Waals surface area (Å²) in [4.78, 5) is 20.8. The van der Waals surface area contributed by atoms with Crippen LogP contribution in [0.4, 0.5) is 9.18 Å². The van der Waals surface area contributed by atoms with Gasteiger partial charge in [-0.2, -0.15) is 0 Å². The molecule has 2 saturated heterocycles. The van der Waals surface area contributed by atoms with Crippen molar-refractivity contribution in [1.82, 2.24) is 20.0 Å². The number of likely N-dealkylation sites (tertiary alicyclic amines) is 2. The molecule has 6 rings (SSSR count). The molecule has 0 bridgehead atoms. The maximum absolute atomic E-state index is 14.2. The summed E-state index contributed by atoms with van der Waals surface area (Å²) in [5, 5.41) is 4.10. The van der Waals surface area contributed by atoms with Crippen molar-refractivity contribution < 1.29 is 9.18 Å². The van der Waals surface area contributed by atoms with Gasteiger partial charge in [-0.3, -0.25) is 0 Å². The summed E-state index contributed by atoms with van der Waals surface area (Å²) in [6, 6.07) is 15.6. The zero-order valence-corrected chi connectivity index (χ0v) is 26.0. The highest BCUT2D eigenvalue weighted by molar-refractivity contribution is 6.30. The number of amides is 2. The second-order valence-corrected chi connectivity index (χ2v) is 13.9. The number of carbonyl (C=O) groups is 1. The van der Waals surface area contributed by atoms with Gasteiger partial charge in [0.1, 0.15) is 5.82 Å². The van der Waals surface area contributed by atoms with Crippen molar-refractivity contribution in [3.8, 4) is 0 Å². The lowest BCUT2D eigenvalue weighted by Gasteiger charge is -2.40. The van der Waals surface area contributed by atoms with E-state index in [2.05, 4.69) is 33.0 Å². The first-order valence-electron chi connectivity index (χ1n) is 16.5. The van der Waals surface area contributed by atoms with Gasteiger partial charge in [-0.25, -0.2) is 9.18 Å². The molecular weight excluding hydrogens is 547 g/mol.